The molecule has 0 fully saturated rings. The molecule has 0 aliphatic heterocycles. The van der Waals surface area contributed by atoms with E-state index in [4.69, 9.17) is 0 Å². The number of nitrogens with zero attached hydrogens (tertiary/aromatic N) is 2. The van der Waals surface area contributed by atoms with Crippen LogP contribution in [0.25, 0.3) is 0 Å². The van der Waals surface area contributed by atoms with Gasteiger partial charge in [0.25, 0.3) is 5.95 Å². The molecule has 1 rings (SSSR count). The van der Waals surface area contributed by atoms with Crippen LogP contribution in [0.4, 0.5) is 5.95 Å². The molecule has 1 heterocycles. The molecule has 0 saturated heterocycles. The van der Waals surface area contributed by atoms with Crippen LogP contribution in [0.2, 0.25) is 0 Å². The van der Waals surface area contributed by atoms with E-state index in [0.29, 0.717) is 12.4 Å². The average Bonchev–Trinajstić information content (AvgIpc) is 2.47. The summed E-state index contributed by atoms with van der Waals surface area (Å²) < 4.78 is 27.0. The Labute approximate surface area is 82.5 Å². The van der Waals surface area contributed by atoms with Crippen molar-refractivity contribution in [2.45, 2.75) is 20.3 Å². The number of aryl methyl sites for hydroxylation is 1. The molecule has 3 N–H and O–H groups in total. The number of hydrogen-bond donors (Lipinski definition) is 3. The largest absolute Gasteiger partial charge is 0.301 e. The van der Waals surface area contributed by atoms with Gasteiger partial charge in [0.2, 0.25) is 0 Å². The van der Waals surface area contributed by atoms with Crippen LogP contribution >= 0.6 is 0 Å². The van der Waals surface area contributed by atoms with Crippen molar-refractivity contribution in [2.24, 2.45) is 0 Å². The van der Waals surface area contributed by atoms with Crippen LogP contribution in [0.3, 0.4) is 0 Å². The van der Waals surface area contributed by atoms with Crippen LogP contribution in [0.5, 0.6) is 0 Å². The van der Waals surface area contributed by atoms with Crippen molar-refractivity contribution in [3.8, 4) is 0 Å². The summed E-state index contributed by atoms with van der Waals surface area (Å²) in [5, 5.41) is 6.17. The molecule has 0 aliphatic rings. The van der Waals surface area contributed by atoms with Crippen LogP contribution in [0.1, 0.15) is 19.2 Å². The van der Waals surface area contributed by atoms with Gasteiger partial charge in [0.15, 0.2) is 0 Å². The zero-order valence-corrected chi connectivity index (χ0v) is 8.85. The van der Waals surface area contributed by atoms with Crippen molar-refractivity contribution in [2.75, 3.05) is 11.3 Å². The van der Waals surface area contributed by atoms with E-state index >= 15 is 0 Å². The molecule has 7 nitrogen and oxygen atoms in total. The molecule has 0 atom stereocenters. The molecule has 0 aromatic carbocycles. The van der Waals surface area contributed by atoms with Gasteiger partial charge in [-0.1, -0.05) is 6.92 Å². The second-order valence-corrected chi connectivity index (χ2v) is 4.24. The molecule has 0 aliphatic carbocycles. The Morgan fingerprint density at radius 2 is 2.21 bits per heavy atom. The summed E-state index contributed by atoms with van der Waals surface area (Å²) in [6, 6.07) is 0. The second kappa shape index (κ2) is 4.38. The predicted molar refractivity (Wildman–Crippen MR) is 52.0 cm³/mol. The minimum absolute atomic E-state index is 0.0473. The van der Waals surface area contributed by atoms with Crippen molar-refractivity contribution in [3.05, 3.63) is 5.82 Å². The van der Waals surface area contributed by atoms with Gasteiger partial charge in [-0.3, -0.25) is 5.10 Å². The lowest BCUT2D eigenvalue weighted by Gasteiger charge is -2.03. The molecule has 0 spiro atoms. The number of anilines is 1. The van der Waals surface area contributed by atoms with Gasteiger partial charge in [-0.05, 0) is 13.3 Å². The molecular weight excluding hydrogens is 206 g/mol. The van der Waals surface area contributed by atoms with Crippen molar-refractivity contribution >= 4 is 16.2 Å². The summed E-state index contributed by atoms with van der Waals surface area (Å²) in [7, 11) is -3.53. The first-order valence-electron chi connectivity index (χ1n) is 4.20. The smallest absolute Gasteiger partial charge is 0.261 e. The second-order valence-electron chi connectivity index (χ2n) is 2.74. The third-order valence-electron chi connectivity index (χ3n) is 1.36. The van der Waals surface area contributed by atoms with E-state index in [1.807, 2.05) is 6.92 Å². The highest BCUT2D eigenvalue weighted by Gasteiger charge is 2.10. The number of aromatic amines is 1. The van der Waals surface area contributed by atoms with Crippen LogP contribution in [0.15, 0.2) is 0 Å². The van der Waals surface area contributed by atoms with E-state index in [1.54, 1.807) is 6.92 Å². The third kappa shape index (κ3) is 3.30. The van der Waals surface area contributed by atoms with Gasteiger partial charge >= 0.3 is 10.2 Å². The zero-order chi connectivity index (χ0) is 10.6. The van der Waals surface area contributed by atoms with E-state index in [0.717, 1.165) is 6.42 Å². The van der Waals surface area contributed by atoms with Gasteiger partial charge < -0.3 is 0 Å². The number of hydrogen-bond acceptors (Lipinski definition) is 4. The van der Waals surface area contributed by atoms with Crippen molar-refractivity contribution < 1.29 is 8.42 Å². The monoisotopic (exact) mass is 219 g/mol. The molecular formula is C6H13N5O2S. The van der Waals surface area contributed by atoms with E-state index in [2.05, 4.69) is 24.6 Å². The summed E-state index contributed by atoms with van der Waals surface area (Å²) in [6.07, 6.45) is 0.730. The fraction of sp³-hybridized carbons (Fsp3) is 0.667. The Kier molecular flexibility index (Phi) is 3.42. The van der Waals surface area contributed by atoms with E-state index in [9.17, 15) is 8.42 Å². The Morgan fingerprint density at radius 1 is 1.50 bits per heavy atom. The highest BCUT2D eigenvalue weighted by atomic mass is 32.2. The zero-order valence-electron chi connectivity index (χ0n) is 8.03. The van der Waals surface area contributed by atoms with Crippen molar-refractivity contribution in [1.29, 1.82) is 0 Å². The third-order valence-corrected chi connectivity index (χ3v) is 2.40. The highest BCUT2D eigenvalue weighted by molar-refractivity contribution is 7.90. The van der Waals surface area contributed by atoms with E-state index in [1.165, 1.54) is 0 Å². The van der Waals surface area contributed by atoms with Crippen LogP contribution in [0, 0.1) is 6.92 Å². The van der Waals surface area contributed by atoms with Gasteiger partial charge in [0, 0.05) is 6.54 Å². The summed E-state index contributed by atoms with van der Waals surface area (Å²) in [5.41, 5.74) is 0. The maximum absolute atomic E-state index is 11.3. The summed E-state index contributed by atoms with van der Waals surface area (Å²) in [6.45, 7) is 3.95. The molecule has 1 aromatic heterocycles. The first kappa shape index (κ1) is 10.9. The quantitative estimate of drug-likeness (QED) is 0.636. The SMILES string of the molecule is CCCNS(=O)(=O)Nc1n[nH]c(C)n1. The fourth-order valence-corrected chi connectivity index (χ4v) is 1.66. The lowest BCUT2D eigenvalue weighted by atomic mass is 10.5. The van der Waals surface area contributed by atoms with Crippen LogP contribution < -0.4 is 9.44 Å². The lowest BCUT2D eigenvalue weighted by molar-refractivity contribution is 0.586. The van der Waals surface area contributed by atoms with Crippen molar-refractivity contribution in [3.63, 3.8) is 0 Å². The molecule has 1 aromatic rings. The Balaban J connectivity index is 2.59. The van der Waals surface area contributed by atoms with Gasteiger partial charge in [-0.15, -0.1) is 5.10 Å². The minimum atomic E-state index is -3.53. The summed E-state index contributed by atoms with van der Waals surface area (Å²) >= 11 is 0. The van der Waals surface area contributed by atoms with E-state index in [-0.39, 0.29) is 5.95 Å². The summed E-state index contributed by atoms with van der Waals surface area (Å²) in [4.78, 5) is 3.81. The van der Waals surface area contributed by atoms with Crippen LogP contribution in [-0.2, 0) is 10.2 Å². The molecule has 0 saturated carbocycles. The topological polar surface area (TPSA) is 99.8 Å². The summed E-state index contributed by atoms with van der Waals surface area (Å²) in [5.74, 6) is 0.601. The van der Waals surface area contributed by atoms with Gasteiger partial charge in [0.05, 0.1) is 0 Å². The minimum Gasteiger partial charge on any atom is -0.261 e. The van der Waals surface area contributed by atoms with E-state index < -0.39 is 10.2 Å². The number of aromatic nitrogens is 3. The molecule has 0 radical (unpaired) electrons. The Morgan fingerprint density at radius 3 is 2.71 bits per heavy atom. The molecule has 80 valence electrons. The highest BCUT2D eigenvalue weighted by Crippen LogP contribution is 1.98. The number of rotatable bonds is 5. The van der Waals surface area contributed by atoms with Crippen LogP contribution in [-0.4, -0.2) is 30.1 Å². The molecule has 0 amide bonds. The number of H-pyrrole nitrogens is 1. The first-order chi connectivity index (χ1) is 6.53. The van der Waals surface area contributed by atoms with Crippen molar-refractivity contribution in [1.82, 2.24) is 19.9 Å². The fourth-order valence-electron chi connectivity index (χ4n) is 0.781. The first-order valence-corrected chi connectivity index (χ1v) is 5.68. The van der Waals surface area contributed by atoms with Gasteiger partial charge in [0.1, 0.15) is 5.82 Å². The maximum atomic E-state index is 11.3. The standard InChI is InChI=1S/C6H13N5O2S/c1-3-4-7-14(12,13)11-6-8-5(2)9-10-6/h7H,3-4H2,1-2H3,(H2,8,9,10,11). The molecule has 0 unspecified atom stereocenters. The Bertz CT molecular complexity index is 385. The average molecular weight is 219 g/mol. The maximum Gasteiger partial charge on any atom is 0.301 e. The van der Waals surface area contributed by atoms with Gasteiger partial charge in [-0.25, -0.2) is 4.72 Å². The lowest BCUT2D eigenvalue weighted by Crippen LogP contribution is -2.31. The normalized spacial score (nSPS) is 11.6. The van der Waals surface area contributed by atoms with Gasteiger partial charge in [-0.2, -0.15) is 18.1 Å². The number of nitrogens with one attached hydrogen (secondary N) is 3. The Hall–Kier alpha value is -1.15. The predicted octanol–water partition coefficient (Wildman–Crippen LogP) is -0.231. The molecule has 14 heavy (non-hydrogen) atoms. The molecule has 0 bridgehead atoms. The molecule has 8 heteroatoms.